The van der Waals surface area contributed by atoms with Gasteiger partial charge in [-0.05, 0) is 6.07 Å². The van der Waals surface area contributed by atoms with E-state index in [0.29, 0.717) is 0 Å². The van der Waals surface area contributed by atoms with E-state index in [4.69, 9.17) is 9.84 Å². The zero-order valence-corrected chi connectivity index (χ0v) is 11.0. The Balaban J connectivity index is 2.04. The number of amides is 1. The van der Waals surface area contributed by atoms with Crippen LogP contribution in [-0.2, 0) is 9.59 Å². The van der Waals surface area contributed by atoms with Gasteiger partial charge in [-0.1, -0.05) is 25.1 Å². The number of rotatable bonds is 4. The molecule has 0 saturated heterocycles. The summed E-state index contributed by atoms with van der Waals surface area (Å²) in [4.78, 5) is 24.2. The molecule has 1 N–H and O–H groups in total. The summed E-state index contributed by atoms with van der Waals surface area (Å²) in [6.07, 6.45) is -0.618. The SMILES string of the molecule is C[C@H]1c2ccccc2O[C@H]1C(=O)N(C)CCC(=O)O. The smallest absolute Gasteiger partial charge is 0.305 e. The van der Waals surface area contributed by atoms with Crippen molar-refractivity contribution in [3.8, 4) is 5.75 Å². The molecule has 19 heavy (non-hydrogen) atoms. The van der Waals surface area contributed by atoms with Crippen LogP contribution in [0.15, 0.2) is 24.3 Å². The van der Waals surface area contributed by atoms with Crippen molar-refractivity contribution >= 4 is 11.9 Å². The molecule has 0 unspecified atom stereocenters. The van der Waals surface area contributed by atoms with Gasteiger partial charge in [0.1, 0.15) is 5.75 Å². The van der Waals surface area contributed by atoms with E-state index in [1.54, 1.807) is 7.05 Å². The number of benzene rings is 1. The van der Waals surface area contributed by atoms with Crippen molar-refractivity contribution in [1.82, 2.24) is 4.90 Å². The third-order valence-electron chi connectivity index (χ3n) is 3.40. The Labute approximate surface area is 111 Å². The molecule has 0 saturated carbocycles. The average Bonchev–Trinajstić information content (AvgIpc) is 2.73. The molecule has 1 amide bonds. The Morgan fingerprint density at radius 2 is 2.05 bits per heavy atom. The van der Waals surface area contributed by atoms with Crippen LogP contribution < -0.4 is 4.74 Å². The molecule has 0 bridgehead atoms. The van der Waals surface area contributed by atoms with Crippen LogP contribution in [0.4, 0.5) is 0 Å². The third-order valence-corrected chi connectivity index (χ3v) is 3.40. The number of nitrogens with zero attached hydrogens (tertiary/aromatic N) is 1. The molecule has 0 radical (unpaired) electrons. The molecule has 0 aromatic heterocycles. The number of likely N-dealkylation sites (N-methyl/N-ethyl adjacent to an activating group) is 1. The summed E-state index contributed by atoms with van der Waals surface area (Å²) in [7, 11) is 1.60. The fraction of sp³-hybridized carbons (Fsp3) is 0.429. The van der Waals surface area contributed by atoms with Gasteiger partial charge in [0.25, 0.3) is 5.91 Å². The van der Waals surface area contributed by atoms with Crippen LogP contribution in [-0.4, -0.2) is 41.6 Å². The second-order valence-corrected chi connectivity index (χ2v) is 4.77. The van der Waals surface area contributed by atoms with E-state index < -0.39 is 12.1 Å². The summed E-state index contributed by atoms with van der Waals surface area (Å²) in [6.45, 7) is 2.14. The molecule has 1 aliphatic heterocycles. The minimum Gasteiger partial charge on any atom is -0.481 e. The van der Waals surface area contributed by atoms with E-state index in [-0.39, 0.29) is 24.8 Å². The Hall–Kier alpha value is -2.04. The van der Waals surface area contributed by atoms with Crippen molar-refractivity contribution in [2.75, 3.05) is 13.6 Å². The summed E-state index contributed by atoms with van der Waals surface area (Å²) in [5, 5.41) is 8.63. The number of para-hydroxylation sites is 1. The Bertz CT molecular complexity index is 500. The van der Waals surface area contributed by atoms with Crippen molar-refractivity contribution < 1.29 is 19.4 Å². The fourth-order valence-electron chi connectivity index (χ4n) is 2.22. The largest absolute Gasteiger partial charge is 0.481 e. The lowest BCUT2D eigenvalue weighted by Gasteiger charge is -2.22. The van der Waals surface area contributed by atoms with Gasteiger partial charge in [-0.3, -0.25) is 9.59 Å². The van der Waals surface area contributed by atoms with Gasteiger partial charge in [0.05, 0.1) is 6.42 Å². The lowest BCUT2D eigenvalue weighted by atomic mass is 9.97. The minimum absolute atomic E-state index is 0.0176. The normalized spacial score (nSPS) is 20.5. The highest BCUT2D eigenvalue weighted by Crippen LogP contribution is 2.38. The van der Waals surface area contributed by atoms with Gasteiger partial charge >= 0.3 is 5.97 Å². The van der Waals surface area contributed by atoms with E-state index in [0.717, 1.165) is 11.3 Å². The number of ether oxygens (including phenoxy) is 1. The van der Waals surface area contributed by atoms with Gasteiger partial charge in [0, 0.05) is 25.1 Å². The zero-order valence-electron chi connectivity index (χ0n) is 11.0. The number of aliphatic carboxylic acids is 1. The van der Waals surface area contributed by atoms with E-state index in [9.17, 15) is 9.59 Å². The maximum Gasteiger partial charge on any atom is 0.305 e. The number of carbonyl (C=O) groups is 2. The molecule has 102 valence electrons. The number of carboxylic acid groups (broad SMARTS) is 1. The van der Waals surface area contributed by atoms with Crippen molar-refractivity contribution in [1.29, 1.82) is 0 Å². The second kappa shape index (κ2) is 5.30. The van der Waals surface area contributed by atoms with Gasteiger partial charge in [-0.2, -0.15) is 0 Å². The molecular weight excluding hydrogens is 246 g/mol. The molecule has 5 nitrogen and oxygen atoms in total. The quantitative estimate of drug-likeness (QED) is 0.893. The molecule has 2 atom stereocenters. The average molecular weight is 263 g/mol. The van der Waals surface area contributed by atoms with E-state index in [1.165, 1.54) is 4.90 Å². The van der Waals surface area contributed by atoms with E-state index >= 15 is 0 Å². The molecule has 1 aliphatic rings. The molecule has 0 spiro atoms. The summed E-state index contributed by atoms with van der Waals surface area (Å²) in [6, 6.07) is 7.58. The molecule has 5 heteroatoms. The first kappa shape index (κ1) is 13.4. The predicted molar refractivity (Wildman–Crippen MR) is 69.2 cm³/mol. The second-order valence-electron chi connectivity index (χ2n) is 4.77. The molecule has 1 heterocycles. The molecule has 1 aromatic carbocycles. The maximum absolute atomic E-state index is 12.2. The van der Waals surface area contributed by atoms with E-state index in [1.807, 2.05) is 31.2 Å². The first-order chi connectivity index (χ1) is 9.00. The number of hydrogen-bond acceptors (Lipinski definition) is 3. The lowest BCUT2D eigenvalue weighted by Crippen LogP contribution is -2.41. The maximum atomic E-state index is 12.2. The predicted octanol–water partition coefficient (Wildman–Crippen LogP) is 1.48. The molecule has 0 aliphatic carbocycles. The van der Waals surface area contributed by atoms with Crippen molar-refractivity contribution in [3.05, 3.63) is 29.8 Å². The Kier molecular flexibility index (Phi) is 3.74. The molecule has 1 aromatic rings. The summed E-state index contributed by atoms with van der Waals surface area (Å²) in [5.41, 5.74) is 1.02. The highest BCUT2D eigenvalue weighted by Gasteiger charge is 2.37. The summed E-state index contributed by atoms with van der Waals surface area (Å²) in [5.74, 6) is -0.371. The third kappa shape index (κ3) is 2.70. The molecule has 0 fully saturated rings. The standard InChI is InChI=1S/C14H17NO4/c1-9-10-5-3-4-6-11(10)19-13(9)14(18)15(2)8-7-12(16)17/h3-6,9,13H,7-8H2,1-2H3,(H,16,17)/t9-,13+/m0/s1. The van der Waals surface area contributed by atoms with Crippen molar-refractivity contribution in [2.24, 2.45) is 0 Å². The number of fused-ring (bicyclic) bond motifs is 1. The van der Waals surface area contributed by atoms with Crippen LogP contribution >= 0.6 is 0 Å². The monoisotopic (exact) mass is 263 g/mol. The highest BCUT2D eigenvalue weighted by atomic mass is 16.5. The highest BCUT2D eigenvalue weighted by molar-refractivity contribution is 5.83. The van der Waals surface area contributed by atoms with Gasteiger partial charge in [0.15, 0.2) is 6.10 Å². The molecule has 2 rings (SSSR count). The van der Waals surface area contributed by atoms with Gasteiger partial charge in [-0.15, -0.1) is 0 Å². The van der Waals surface area contributed by atoms with Gasteiger partial charge < -0.3 is 14.7 Å². The van der Waals surface area contributed by atoms with Crippen LogP contribution in [0.2, 0.25) is 0 Å². The Morgan fingerprint density at radius 1 is 1.37 bits per heavy atom. The zero-order chi connectivity index (χ0) is 14.0. The summed E-state index contributed by atoms with van der Waals surface area (Å²) < 4.78 is 5.67. The van der Waals surface area contributed by atoms with Crippen LogP contribution in [0.1, 0.15) is 24.8 Å². The first-order valence-electron chi connectivity index (χ1n) is 6.23. The lowest BCUT2D eigenvalue weighted by molar-refractivity contribution is -0.140. The number of hydrogen-bond donors (Lipinski definition) is 1. The number of carbonyl (C=O) groups excluding carboxylic acids is 1. The van der Waals surface area contributed by atoms with Crippen LogP contribution in [0.25, 0.3) is 0 Å². The number of carboxylic acids is 1. The van der Waals surface area contributed by atoms with E-state index in [2.05, 4.69) is 0 Å². The van der Waals surface area contributed by atoms with Gasteiger partial charge in [-0.25, -0.2) is 0 Å². The first-order valence-corrected chi connectivity index (χ1v) is 6.23. The van der Waals surface area contributed by atoms with Crippen molar-refractivity contribution in [2.45, 2.75) is 25.4 Å². The minimum atomic E-state index is -0.914. The Morgan fingerprint density at radius 3 is 2.68 bits per heavy atom. The van der Waals surface area contributed by atoms with Crippen molar-refractivity contribution in [3.63, 3.8) is 0 Å². The topological polar surface area (TPSA) is 66.8 Å². The van der Waals surface area contributed by atoms with Crippen LogP contribution in [0, 0.1) is 0 Å². The van der Waals surface area contributed by atoms with Crippen LogP contribution in [0.3, 0.4) is 0 Å². The van der Waals surface area contributed by atoms with Crippen LogP contribution in [0.5, 0.6) is 5.75 Å². The van der Waals surface area contributed by atoms with Gasteiger partial charge in [0.2, 0.25) is 0 Å². The summed E-state index contributed by atoms with van der Waals surface area (Å²) >= 11 is 0. The molecular formula is C14H17NO4. The fourth-order valence-corrected chi connectivity index (χ4v) is 2.22.